The fourth-order valence-corrected chi connectivity index (χ4v) is 15.7. The summed E-state index contributed by atoms with van der Waals surface area (Å²) in [6.45, 7) is 18.1. The third kappa shape index (κ3) is 21.5. The lowest BCUT2D eigenvalue weighted by Crippen LogP contribution is -2.16. The summed E-state index contributed by atoms with van der Waals surface area (Å²) in [6, 6.07) is 49.9. The van der Waals surface area contributed by atoms with E-state index in [2.05, 4.69) is 39.5 Å². The zero-order valence-corrected chi connectivity index (χ0v) is 70.7. The van der Waals surface area contributed by atoms with Gasteiger partial charge in [0.05, 0.1) is 35.5 Å². The van der Waals surface area contributed by atoms with Gasteiger partial charge in [0.25, 0.3) is 0 Å². The van der Waals surface area contributed by atoms with Crippen LogP contribution in [-0.2, 0) is 86.0 Å². The van der Waals surface area contributed by atoms with Crippen molar-refractivity contribution in [1.82, 2.24) is 0 Å². The molecule has 10 aromatic rings. The predicted molar refractivity (Wildman–Crippen MR) is 467 cm³/mol. The molecule has 6 aliphatic carbocycles. The molecule has 12 unspecified atom stereocenters. The molecule has 0 heterocycles. The lowest BCUT2D eigenvalue weighted by molar-refractivity contribution is -0.145. The summed E-state index contributed by atoms with van der Waals surface area (Å²) >= 11 is 0. The van der Waals surface area contributed by atoms with Gasteiger partial charge >= 0.3 is 71.6 Å². The molecule has 30 nitrogen and oxygen atoms in total. The van der Waals surface area contributed by atoms with Gasteiger partial charge in [-0.2, -0.15) is 0 Å². The largest absolute Gasteiger partial charge is 0.457 e. The van der Waals surface area contributed by atoms with Crippen LogP contribution in [0.2, 0.25) is 0 Å². The summed E-state index contributed by atoms with van der Waals surface area (Å²) in [7, 11) is 0. The van der Waals surface area contributed by atoms with Gasteiger partial charge in [-0.3, -0.25) is 28.8 Å². The Morgan fingerprint density at radius 2 is 0.341 bits per heavy atom. The summed E-state index contributed by atoms with van der Waals surface area (Å²) in [4.78, 5) is 161. The van der Waals surface area contributed by atoms with Crippen LogP contribution in [0.3, 0.4) is 0 Å². The predicted octanol–water partition coefficient (Wildman–Crippen LogP) is 15.8. The highest BCUT2D eigenvalue weighted by atomic mass is 16.7. The molecule has 132 heavy (non-hydrogen) atoms. The molecule has 30 heteroatoms. The number of esters is 12. The van der Waals surface area contributed by atoms with Crippen molar-refractivity contribution in [1.29, 1.82) is 0 Å². The number of carbonyl (C=O) groups excluding carboxylic acids is 12. The van der Waals surface area contributed by atoms with Gasteiger partial charge in [0, 0.05) is 36.5 Å². The molecule has 10 aromatic carbocycles. The van der Waals surface area contributed by atoms with E-state index >= 15 is 28.8 Å². The van der Waals surface area contributed by atoms with E-state index in [9.17, 15) is 28.8 Å². The molecule has 16 rings (SSSR count). The Morgan fingerprint density at radius 1 is 0.212 bits per heavy atom. The van der Waals surface area contributed by atoms with Crippen molar-refractivity contribution in [3.63, 3.8) is 0 Å². The second-order valence-electron chi connectivity index (χ2n) is 31.7. The Balaban J connectivity index is 0.812. The van der Waals surface area contributed by atoms with E-state index in [1.54, 1.807) is 146 Å². The fourth-order valence-electron chi connectivity index (χ4n) is 15.7. The minimum absolute atomic E-state index is 0.229. The molecule has 6 aliphatic rings. The molecule has 6 fully saturated rings. The first-order valence-corrected chi connectivity index (χ1v) is 42.0. The second-order valence-corrected chi connectivity index (χ2v) is 31.7. The van der Waals surface area contributed by atoms with Gasteiger partial charge < -0.3 is 85.3 Å². The van der Waals surface area contributed by atoms with Crippen LogP contribution < -0.4 is 56.8 Å². The maximum absolute atomic E-state index is 15.1. The smallest absolute Gasteiger partial charge is 0.333 e. The lowest BCUT2D eigenvalue weighted by atomic mass is 9.93. The van der Waals surface area contributed by atoms with Crippen LogP contribution in [0.4, 0.5) is 0 Å². The van der Waals surface area contributed by atoms with Gasteiger partial charge in [-0.15, -0.1) is 0 Å². The first-order valence-electron chi connectivity index (χ1n) is 42.0. The third-order valence-electron chi connectivity index (χ3n) is 23.4. The van der Waals surface area contributed by atoms with Crippen molar-refractivity contribution in [2.75, 3.05) is 40.8 Å². The number of ether oxygens (including phenoxy) is 18. The van der Waals surface area contributed by atoms with Crippen LogP contribution in [0.1, 0.15) is 107 Å². The van der Waals surface area contributed by atoms with Crippen molar-refractivity contribution >= 4 is 104 Å². The van der Waals surface area contributed by atoms with E-state index < -0.39 is 107 Å². The van der Waals surface area contributed by atoms with Crippen molar-refractivity contribution in [3.05, 3.63) is 291 Å². The fraction of sp³-hybridized carbons (Fsp3) is 0.235. The van der Waals surface area contributed by atoms with Gasteiger partial charge in [0.15, 0.2) is 34.5 Å². The molecule has 0 N–H and O–H groups in total. The standard InChI is InChI=1S/C102H84O30/c1-7-91(103)121-49-115-61-25-13-55(14-26-61)67-37-79(67)97(109)127-85-43-73-74(44-86(85)128-98(110)80-38-68(80)56-15-27-62(28-16-56)116-50-122-92(104)8-2)76-46-88(130-100(112)82-40-70(82)58-19-31-64(32-20-58)118-52-124-94(106)10-4)90(132-102(114)84-42-72(84)60-23-35-66(36-24-60)120-54-126-96(108)12-6)48-78(76)77-47-89(131-101(113)83-41-71(83)59-21-33-65(34-22-59)119-53-125-95(107)11-5)87(45-75(73)77)129-99(111)81-39-69(81)57-17-29-63(30-18-57)117-51-123-93(105)9-3/h7-36,43-48,67-72,79-84H,1-6,37-42,49-54H2. The maximum Gasteiger partial charge on any atom is 0.333 e. The number of rotatable bonds is 42. The van der Waals surface area contributed by atoms with Gasteiger partial charge in [-0.05, 0) is 249 Å². The maximum atomic E-state index is 15.1. The molecule has 0 amide bonds. The van der Waals surface area contributed by atoms with Gasteiger partial charge in [0.2, 0.25) is 40.8 Å². The third-order valence-corrected chi connectivity index (χ3v) is 23.4. The molecule has 12 atom stereocenters. The summed E-state index contributed by atoms with van der Waals surface area (Å²) in [5.74, 6) is -14.5. The minimum Gasteiger partial charge on any atom is -0.457 e. The average molecular weight is 1790 g/mol. The number of benzene rings is 10. The van der Waals surface area contributed by atoms with Crippen molar-refractivity contribution < 1.29 is 143 Å². The molecule has 0 bridgehead atoms. The summed E-state index contributed by atoms with van der Waals surface area (Å²) in [6.07, 6.45) is 7.93. The van der Waals surface area contributed by atoms with Gasteiger partial charge in [0.1, 0.15) is 34.5 Å². The van der Waals surface area contributed by atoms with Crippen LogP contribution in [0, 0.1) is 35.5 Å². The lowest BCUT2D eigenvalue weighted by Gasteiger charge is -2.19. The second kappa shape index (κ2) is 39.6. The Morgan fingerprint density at radius 3 is 0.462 bits per heavy atom. The summed E-state index contributed by atoms with van der Waals surface area (Å²) in [5, 5.41) is 1.38. The average Bonchev–Trinajstić information content (AvgIpc) is 1.20. The summed E-state index contributed by atoms with van der Waals surface area (Å²) in [5.41, 5.74) is 4.44. The molecule has 0 saturated heterocycles. The first-order chi connectivity index (χ1) is 64.0. The van der Waals surface area contributed by atoms with E-state index in [-0.39, 0.29) is 143 Å². The normalized spacial score (nSPS) is 19.9. The zero-order valence-electron chi connectivity index (χ0n) is 70.7. The quantitative estimate of drug-likeness (QED) is 0.00856. The van der Waals surface area contributed by atoms with E-state index in [1.807, 2.05) is 0 Å². The number of carbonyl (C=O) groups is 12. The molecule has 0 aliphatic heterocycles. The van der Waals surface area contributed by atoms with Crippen LogP contribution in [0.15, 0.2) is 258 Å². The van der Waals surface area contributed by atoms with Crippen LogP contribution in [0.5, 0.6) is 69.0 Å². The Hall–Kier alpha value is -16.1. The Labute approximate surface area is 753 Å². The number of fused-ring (bicyclic) bond motifs is 6. The van der Waals surface area contributed by atoms with E-state index in [0.29, 0.717) is 73.0 Å². The van der Waals surface area contributed by atoms with E-state index in [1.165, 1.54) is 36.4 Å². The molecule has 0 aromatic heterocycles. The van der Waals surface area contributed by atoms with E-state index in [4.69, 9.17) is 85.3 Å². The van der Waals surface area contributed by atoms with Crippen molar-refractivity contribution in [2.45, 2.75) is 74.0 Å². The molecular formula is C102H84O30. The molecule has 0 spiro atoms. The highest BCUT2D eigenvalue weighted by molar-refractivity contribution is 6.27. The zero-order chi connectivity index (χ0) is 92.4. The van der Waals surface area contributed by atoms with Gasteiger partial charge in [-0.25, -0.2) is 28.8 Å². The van der Waals surface area contributed by atoms with Crippen LogP contribution in [-0.4, -0.2) is 112 Å². The Bertz CT molecular complexity index is 5270. The molecule has 672 valence electrons. The van der Waals surface area contributed by atoms with Crippen molar-refractivity contribution in [2.24, 2.45) is 35.5 Å². The van der Waals surface area contributed by atoms with Gasteiger partial charge in [-0.1, -0.05) is 112 Å². The van der Waals surface area contributed by atoms with E-state index in [0.717, 1.165) is 69.8 Å². The SMILES string of the molecule is C=CC(=O)OCOc1ccc(C2CC2C(=O)Oc2cc3c4cc(OC(=O)C5CC5c5ccc(OCOC(=O)C=C)cc5)c(OC(=O)C5CC5c5ccc(OCOC(=O)C=C)cc5)cc4c4cc(OC(=O)C5CC5c5ccc(OCOC(=O)C=C)cc5)c(OC(=O)C5CC5c5ccc(OCOC(=O)C=C)cc5)cc4c3cc2OC(=O)C2CC2c2ccc(OCOC(=O)C=C)cc2)cc1. The molecule has 0 radical (unpaired) electrons. The first kappa shape index (κ1) is 89.3. The highest BCUT2D eigenvalue weighted by Crippen LogP contribution is 2.57. The summed E-state index contributed by atoms with van der Waals surface area (Å²) < 4.78 is 103. The monoisotopic (exact) mass is 1790 g/mol. The topological polar surface area (TPSA) is 371 Å². The molecule has 6 saturated carbocycles. The highest BCUT2D eigenvalue weighted by Gasteiger charge is 2.51. The van der Waals surface area contributed by atoms with Crippen LogP contribution in [0.25, 0.3) is 32.3 Å². The Kier molecular flexibility index (Phi) is 26.8. The number of hydrogen-bond donors (Lipinski definition) is 0. The number of hydrogen-bond acceptors (Lipinski definition) is 30. The van der Waals surface area contributed by atoms with Crippen molar-refractivity contribution in [3.8, 4) is 69.0 Å². The van der Waals surface area contributed by atoms with Crippen LogP contribution >= 0.6 is 0 Å². The molecular weight excluding hydrogens is 1710 g/mol. The minimum atomic E-state index is -0.757.